The Hall–Kier alpha value is -1.84. The molecule has 1 saturated heterocycles. The fourth-order valence-corrected chi connectivity index (χ4v) is 2.72. The monoisotopic (exact) mass is 315 g/mol. The van der Waals surface area contributed by atoms with Gasteiger partial charge in [0, 0.05) is 6.07 Å². The van der Waals surface area contributed by atoms with Crippen LogP contribution in [0.1, 0.15) is 24.2 Å². The summed E-state index contributed by atoms with van der Waals surface area (Å²) in [6, 6.07) is 4.44. The molecule has 0 saturated carbocycles. The number of nitro groups is 1. The van der Waals surface area contributed by atoms with E-state index in [1.165, 1.54) is 12.1 Å². The molecule has 1 aromatic rings. The van der Waals surface area contributed by atoms with Crippen molar-refractivity contribution in [3.63, 3.8) is 0 Å². The minimum atomic E-state index is -2.16. The number of nitrogens with zero attached hydrogens (tertiary/aromatic N) is 1. The first-order chi connectivity index (χ1) is 9.93. The van der Waals surface area contributed by atoms with E-state index in [-0.39, 0.29) is 17.9 Å². The molecule has 2 rings (SSSR count). The van der Waals surface area contributed by atoms with Gasteiger partial charge in [0.15, 0.2) is 0 Å². The Kier molecular flexibility index (Phi) is 4.66. The molecular formula is C12H13NO7S. The van der Waals surface area contributed by atoms with Crippen LogP contribution in [-0.2, 0) is 29.3 Å². The van der Waals surface area contributed by atoms with E-state index in [2.05, 4.69) is 0 Å². The summed E-state index contributed by atoms with van der Waals surface area (Å²) in [6.07, 6.45) is -2.45. The Morgan fingerprint density at radius 2 is 2.19 bits per heavy atom. The number of carbonyl (C=O) groups is 1. The first-order valence-electron chi connectivity index (χ1n) is 6.11. The molecule has 0 bridgehead atoms. The number of nitro benzene ring substituents is 1. The van der Waals surface area contributed by atoms with Crippen LogP contribution in [0.4, 0.5) is 5.69 Å². The van der Waals surface area contributed by atoms with Gasteiger partial charge in [-0.15, -0.1) is 0 Å². The molecular weight excluding hydrogens is 302 g/mol. The maximum atomic E-state index is 11.8. The molecule has 1 aliphatic heterocycles. The van der Waals surface area contributed by atoms with Crippen molar-refractivity contribution in [2.45, 2.75) is 26.1 Å². The van der Waals surface area contributed by atoms with Crippen molar-refractivity contribution in [3.05, 3.63) is 39.4 Å². The first-order valence-corrected chi connectivity index (χ1v) is 7.11. The zero-order chi connectivity index (χ0) is 15.6. The minimum absolute atomic E-state index is 0.105. The van der Waals surface area contributed by atoms with E-state index in [4.69, 9.17) is 13.1 Å². The van der Waals surface area contributed by atoms with Crippen molar-refractivity contribution in [1.82, 2.24) is 0 Å². The molecule has 0 spiro atoms. The largest absolute Gasteiger partial charge is 0.464 e. The number of aryl methyl sites for hydroxylation is 1. The number of rotatable bonds is 4. The van der Waals surface area contributed by atoms with Crippen LogP contribution in [-0.4, -0.2) is 27.8 Å². The van der Waals surface area contributed by atoms with Gasteiger partial charge in [0.2, 0.25) is 6.10 Å². The third kappa shape index (κ3) is 3.26. The highest BCUT2D eigenvalue weighted by Crippen LogP contribution is 2.37. The van der Waals surface area contributed by atoms with Crippen LogP contribution in [0.5, 0.6) is 0 Å². The molecule has 1 fully saturated rings. The molecule has 8 nitrogen and oxygen atoms in total. The van der Waals surface area contributed by atoms with Gasteiger partial charge in [-0.2, -0.15) is 4.21 Å². The number of ether oxygens (including phenoxy) is 1. The highest BCUT2D eigenvalue weighted by Gasteiger charge is 2.45. The van der Waals surface area contributed by atoms with Crippen molar-refractivity contribution < 1.29 is 27.0 Å². The molecule has 21 heavy (non-hydrogen) atoms. The van der Waals surface area contributed by atoms with E-state index in [1.807, 2.05) is 0 Å². The van der Waals surface area contributed by atoms with E-state index >= 15 is 0 Å². The molecule has 0 amide bonds. The van der Waals surface area contributed by atoms with Crippen molar-refractivity contribution in [2.24, 2.45) is 0 Å². The lowest BCUT2D eigenvalue weighted by Crippen LogP contribution is -2.28. The zero-order valence-corrected chi connectivity index (χ0v) is 12.1. The number of hydrogen-bond acceptors (Lipinski definition) is 7. The summed E-state index contributed by atoms with van der Waals surface area (Å²) in [5, 5.41) is 11.1. The molecule has 1 aliphatic rings. The highest BCUT2D eigenvalue weighted by atomic mass is 32.2. The highest BCUT2D eigenvalue weighted by molar-refractivity contribution is 7.75. The van der Waals surface area contributed by atoms with Gasteiger partial charge < -0.3 is 4.74 Å². The number of benzene rings is 1. The van der Waals surface area contributed by atoms with Crippen LogP contribution in [0.3, 0.4) is 0 Å². The van der Waals surface area contributed by atoms with Crippen LogP contribution in [0.15, 0.2) is 18.2 Å². The van der Waals surface area contributed by atoms with Gasteiger partial charge in [0.1, 0.15) is 6.10 Å². The minimum Gasteiger partial charge on any atom is -0.464 e. The fraction of sp³-hybridized carbons (Fsp3) is 0.417. The summed E-state index contributed by atoms with van der Waals surface area (Å²) in [5.41, 5.74) is 0.574. The van der Waals surface area contributed by atoms with Crippen molar-refractivity contribution >= 4 is 23.0 Å². The Morgan fingerprint density at radius 3 is 2.81 bits per heavy atom. The smallest absolute Gasteiger partial charge is 0.339 e. The van der Waals surface area contributed by atoms with Crippen molar-refractivity contribution in [1.29, 1.82) is 0 Å². The molecule has 114 valence electrons. The van der Waals surface area contributed by atoms with Gasteiger partial charge in [-0.3, -0.25) is 14.3 Å². The van der Waals surface area contributed by atoms with Gasteiger partial charge in [-0.05, 0) is 25.5 Å². The summed E-state index contributed by atoms with van der Waals surface area (Å²) >= 11 is -2.16. The third-order valence-corrected chi connectivity index (χ3v) is 3.58. The Morgan fingerprint density at radius 1 is 1.48 bits per heavy atom. The maximum absolute atomic E-state index is 11.8. The molecule has 0 aliphatic carbocycles. The zero-order valence-electron chi connectivity index (χ0n) is 11.3. The molecule has 0 N–H and O–H groups in total. The molecule has 1 unspecified atom stereocenters. The average molecular weight is 315 g/mol. The summed E-state index contributed by atoms with van der Waals surface area (Å²) in [7, 11) is 0. The van der Waals surface area contributed by atoms with Gasteiger partial charge in [0.05, 0.1) is 17.1 Å². The van der Waals surface area contributed by atoms with Gasteiger partial charge in [0.25, 0.3) is 5.69 Å². The molecule has 0 aromatic heterocycles. The molecule has 1 aromatic carbocycles. The normalized spacial score (nSPS) is 24.8. The van der Waals surface area contributed by atoms with Crippen molar-refractivity contribution in [3.8, 4) is 0 Å². The second kappa shape index (κ2) is 6.29. The van der Waals surface area contributed by atoms with Crippen LogP contribution in [0.2, 0.25) is 0 Å². The van der Waals surface area contributed by atoms with E-state index in [0.29, 0.717) is 5.56 Å². The average Bonchev–Trinajstić information content (AvgIpc) is 2.81. The molecule has 3 atom stereocenters. The van der Waals surface area contributed by atoms with E-state index in [9.17, 15) is 19.1 Å². The van der Waals surface area contributed by atoms with Crippen LogP contribution >= 0.6 is 0 Å². The molecule has 9 heteroatoms. The SMILES string of the molecule is CCOC(=O)[C@@H]1OS(=O)O[C@H]1c1ccc(C)cc1[N+](=O)[O-]. The lowest BCUT2D eigenvalue weighted by Gasteiger charge is -2.14. The van der Waals surface area contributed by atoms with Gasteiger partial charge in [-0.1, -0.05) is 6.07 Å². The first kappa shape index (κ1) is 15.5. The second-order valence-electron chi connectivity index (χ2n) is 4.31. The summed E-state index contributed by atoms with van der Waals surface area (Å²) < 4.78 is 26.0. The Labute approximate surface area is 123 Å². The number of esters is 1. The molecule has 1 heterocycles. The maximum Gasteiger partial charge on any atom is 0.339 e. The predicted molar refractivity (Wildman–Crippen MR) is 71.3 cm³/mol. The number of hydrogen-bond donors (Lipinski definition) is 0. The van der Waals surface area contributed by atoms with Gasteiger partial charge in [-0.25, -0.2) is 8.98 Å². The third-order valence-electron chi connectivity index (χ3n) is 2.85. The van der Waals surface area contributed by atoms with Crippen LogP contribution in [0, 0.1) is 17.0 Å². The van der Waals surface area contributed by atoms with Gasteiger partial charge >= 0.3 is 17.3 Å². The lowest BCUT2D eigenvalue weighted by molar-refractivity contribution is -0.386. The fourth-order valence-electron chi connectivity index (χ4n) is 1.95. The van der Waals surface area contributed by atoms with E-state index in [0.717, 1.165) is 0 Å². The van der Waals surface area contributed by atoms with Crippen molar-refractivity contribution in [2.75, 3.05) is 6.61 Å². The van der Waals surface area contributed by atoms with Crippen LogP contribution in [0.25, 0.3) is 0 Å². The molecule has 0 radical (unpaired) electrons. The summed E-state index contributed by atoms with van der Waals surface area (Å²) in [4.78, 5) is 22.3. The predicted octanol–water partition coefficient (Wildman–Crippen LogP) is 1.50. The second-order valence-corrected chi connectivity index (χ2v) is 5.10. The summed E-state index contributed by atoms with van der Waals surface area (Å²) in [5.74, 6) is -0.775. The number of carbonyl (C=O) groups excluding carboxylic acids is 1. The Balaban J connectivity index is 2.41. The van der Waals surface area contributed by atoms with Crippen LogP contribution < -0.4 is 0 Å². The topological polar surface area (TPSA) is 105 Å². The van der Waals surface area contributed by atoms with E-state index < -0.39 is 34.5 Å². The standard InChI is InChI=1S/C12H13NO7S/c1-3-18-12(14)11-10(19-21(17)20-11)8-5-4-7(2)6-9(8)13(15)16/h4-6,10-11H,3H2,1-2H3/t10-,11+,21?/m0/s1. The van der Waals surface area contributed by atoms with E-state index in [1.54, 1.807) is 19.9 Å². The lowest BCUT2D eigenvalue weighted by atomic mass is 10.0. The Bertz CT molecular complexity index is 603. The summed E-state index contributed by atoms with van der Waals surface area (Å²) in [6.45, 7) is 3.41. The quantitative estimate of drug-likeness (QED) is 0.471.